The van der Waals surface area contributed by atoms with Crippen LogP contribution in [-0.2, 0) is 0 Å². The Hall–Kier alpha value is -4.08. The SMILES string of the molecule is Brc1ccc2ccc3ccc(-c4ccccc4)cc3c2c1.Clc1ccc(-c2ccc3ccc4ccc(-c5ccccc5)cc4c3c2)cc1.OB(O)c1ccc(Cl)cc1.[H-].[K+]. The van der Waals surface area contributed by atoms with Crippen LogP contribution < -0.4 is 56.8 Å². The molecular formula is C52H37BBrCl2KO2. The van der Waals surface area contributed by atoms with Crippen LogP contribution in [0, 0.1) is 0 Å². The molecule has 0 aliphatic heterocycles. The predicted molar refractivity (Wildman–Crippen MR) is 254 cm³/mol. The van der Waals surface area contributed by atoms with Gasteiger partial charge < -0.3 is 11.5 Å². The van der Waals surface area contributed by atoms with Crippen molar-refractivity contribution in [3.8, 4) is 33.4 Å². The van der Waals surface area contributed by atoms with Crippen molar-refractivity contribution < 1.29 is 62.9 Å². The molecule has 10 aromatic carbocycles. The minimum Gasteiger partial charge on any atom is -1.00 e. The standard InChI is InChI=1S/C26H17Cl.C20H13Br.C6H6BClO2.K.H/c27-24-14-12-19(13-15-24)23-11-9-21-7-6-20-8-10-22(16-25(20)26(21)17-23)18-4-2-1-3-5-18;21-18-11-10-16-7-6-15-8-9-17(12-19(15)20(16)13-18)14-4-2-1-3-5-14;8-6-3-1-5(2-4-6)7(9)10;;/h1-17H;1-13H;1-4,9-10H;;/q;;;+1;-1. The maximum Gasteiger partial charge on any atom is 1.00 e. The van der Waals surface area contributed by atoms with E-state index in [2.05, 4.69) is 186 Å². The summed E-state index contributed by atoms with van der Waals surface area (Å²) in [5, 5.41) is 28.8. The van der Waals surface area contributed by atoms with Crippen LogP contribution in [0.2, 0.25) is 10.0 Å². The summed E-state index contributed by atoms with van der Waals surface area (Å²) in [4.78, 5) is 0. The summed E-state index contributed by atoms with van der Waals surface area (Å²) in [6.45, 7) is 0. The molecule has 0 spiro atoms. The van der Waals surface area contributed by atoms with Gasteiger partial charge in [0.2, 0.25) is 0 Å². The second-order valence-electron chi connectivity index (χ2n) is 14.0. The van der Waals surface area contributed by atoms with E-state index in [9.17, 15) is 0 Å². The molecule has 0 aliphatic carbocycles. The van der Waals surface area contributed by atoms with Gasteiger partial charge in [-0.05, 0) is 137 Å². The van der Waals surface area contributed by atoms with E-state index in [1.165, 1.54) is 76.5 Å². The molecule has 0 amide bonds. The summed E-state index contributed by atoms with van der Waals surface area (Å²) in [6.07, 6.45) is 0. The molecule has 0 radical (unpaired) electrons. The van der Waals surface area contributed by atoms with Crippen LogP contribution in [-0.4, -0.2) is 17.2 Å². The Balaban J connectivity index is 0.000000163. The van der Waals surface area contributed by atoms with E-state index >= 15 is 0 Å². The molecule has 0 aliphatic rings. The Bertz CT molecular complexity index is 3010. The van der Waals surface area contributed by atoms with Crippen molar-refractivity contribution in [1.29, 1.82) is 0 Å². The fourth-order valence-electron chi connectivity index (χ4n) is 7.15. The van der Waals surface area contributed by atoms with Crippen LogP contribution in [0.3, 0.4) is 0 Å². The first-order valence-electron chi connectivity index (χ1n) is 18.9. The number of rotatable bonds is 4. The van der Waals surface area contributed by atoms with E-state index in [0.717, 1.165) is 9.50 Å². The van der Waals surface area contributed by atoms with E-state index in [-0.39, 0.29) is 52.8 Å². The first-order chi connectivity index (χ1) is 28.3. The molecular weight excluding hydrogens is 857 g/mol. The molecule has 0 aromatic heterocycles. The van der Waals surface area contributed by atoms with Gasteiger partial charge in [0.15, 0.2) is 0 Å². The Kier molecular flexibility index (Phi) is 14.6. The molecule has 10 aromatic rings. The summed E-state index contributed by atoms with van der Waals surface area (Å²) in [6, 6.07) is 70.8. The summed E-state index contributed by atoms with van der Waals surface area (Å²) in [5.74, 6) is 0. The Morgan fingerprint density at radius 2 is 0.661 bits per heavy atom. The number of hydrogen-bond acceptors (Lipinski definition) is 2. The summed E-state index contributed by atoms with van der Waals surface area (Å²) in [7, 11) is -1.41. The second kappa shape index (κ2) is 20.0. The second-order valence-corrected chi connectivity index (χ2v) is 15.8. The largest absolute Gasteiger partial charge is 1.00 e. The monoisotopic (exact) mass is 892 g/mol. The summed E-state index contributed by atoms with van der Waals surface area (Å²) in [5.41, 5.74) is 7.83. The van der Waals surface area contributed by atoms with Crippen molar-refractivity contribution in [1.82, 2.24) is 0 Å². The molecule has 10 rings (SSSR count). The van der Waals surface area contributed by atoms with Crippen molar-refractivity contribution in [2.24, 2.45) is 0 Å². The normalized spacial score (nSPS) is 10.7. The van der Waals surface area contributed by atoms with Gasteiger partial charge in [0, 0.05) is 14.5 Å². The third kappa shape index (κ3) is 10.5. The fourth-order valence-corrected chi connectivity index (χ4v) is 7.76. The van der Waals surface area contributed by atoms with Crippen molar-refractivity contribution >= 4 is 94.8 Å². The van der Waals surface area contributed by atoms with E-state index in [1.54, 1.807) is 24.3 Å². The van der Waals surface area contributed by atoms with Gasteiger partial charge in [-0.15, -0.1) is 0 Å². The molecule has 0 heterocycles. The van der Waals surface area contributed by atoms with Crippen LogP contribution in [0.25, 0.3) is 76.5 Å². The molecule has 7 heteroatoms. The van der Waals surface area contributed by atoms with Crippen molar-refractivity contribution in [3.63, 3.8) is 0 Å². The van der Waals surface area contributed by atoms with Gasteiger partial charge in [0.1, 0.15) is 0 Å². The van der Waals surface area contributed by atoms with Crippen LogP contribution in [0.15, 0.2) is 211 Å². The maximum atomic E-state index is 8.63. The number of fused-ring (bicyclic) bond motifs is 6. The van der Waals surface area contributed by atoms with Crippen LogP contribution in [0.1, 0.15) is 1.43 Å². The molecule has 0 saturated carbocycles. The third-order valence-corrected chi connectivity index (χ3v) is 11.2. The van der Waals surface area contributed by atoms with Gasteiger partial charge >= 0.3 is 58.5 Å². The van der Waals surface area contributed by atoms with Gasteiger partial charge in [0.05, 0.1) is 0 Å². The smallest absolute Gasteiger partial charge is 1.00 e. The molecule has 59 heavy (non-hydrogen) atoms. The number of hydrogen-bond donors (Lipinski definition) is 2. The summed E-state index contributed by atoms with van der Waals surface area (Å²) >= 11 is 15.2. The minimum atomic E-state index is -1.41. The predicted octanol–water partition coefficient (Wildman–Crippen LogP) is 11.5. The minimum absolute atomic E-state index is 0. The molecule has 0 bridgehead atoms. The van der Waals surface area contributed by atoms with Gasteiger partial charge in [-0.2, -0.15) is 0 Å². The van der Waals surface area contributed by atoms with E-state index in [1.807, 2.05) is 12.1 Å². The fraction of sp³-hybridized carbons (Fsp3) is 0. The molecule has 2 N–H and O–H groups in total. The molecule has 0 unspecified atom stereocenters. The van der Waals surface area contributed by atoms with E-state index in [0.29, 0.717) is 10.5 Å². The molecule has 0 atom stereocenters. The molecule has 2 nitrogen and oxygen atoms in total. The quantitative estimate of drug-likeness (QED) is 0.137. The van der Waals surface area contributed by atoms with Crippen LogP contribution in [0.5, 0.6) is 0 Å². The Morgan fingerprint density at radius 1 is 0.356 bits per heavy atom. The zero-order valence-corrected chi connectivity index (χ0v) is 38.5. The average molecular weight is 895 g/mol. The van der Waals surface area contributed by atoms with Crippen molar-refractivity contribution in [2.45, 2.75) is 0 Å². The molecule has 0 saturated heterocycles. The number of benzene rings is 10. The molecule has 282 valence electrons. The first-order valence-corrected chi connectivity index (χ1v) is 20.4. The summed E-state index contributed by atoms with van der Waals surface area (Å²) < 4.78 is 1.12. The van der Waals surface area contributed by atoms with Crippen molar-refractivity contribution in [3.05, 3.63) is 221 Å². The van der Waals surface area contributed by atoms with Crippen LogP contribution in [0.4, 0.5) is 0 Å². The van der Waals surface area contributed by atoms with Gasteiger partial charge in [-0.1, -0.05) is 191 Å². The Morgan fingerprint density at radius 3 is 1.05 bits per heavy atom. The van der Waals surface area contributed by atoms with Gasteiger partial charge in [0.25, 0.3) is 0 Å². The van der Waals surface area contributed by atoms with E-state index in [4.69, 9.17) is 33.2 Å². The Labute approximate surface area is 407 Å². The van der Waals surface area contributed by atoms with Crippen LogP contribution >= 0.6 is 39.1 Å². The topological polar surface area (TPSA) is 40.5 Å². The van der Waals surface area contributed by atoms with Gasteiger partial charge in [-0.25, -0.2) is 0 Å². The molecule has 0 fully saturated rings. The van der Waals surface area contributed by atoms with Crippen molar-refractivity contribution in [2.75, 3.05) is 0 Å². The van der Waals surface area contributed by atoms with Gasteiger partial charge in [-0.3, -0.25) is 0 Å². The zero-order valence-electron chi connectivity index (χ0n) is 33.2. The van der Waals surface area contributed by atoms with E-state index < -0.39 is 7.12 Å². The maximum absolute atomic E-state index is 8.63. The zero-order chi connectivity index (χ0) is 40.0. The third-order valence-electron chi connectivity index (χ3n) is 10.2. The first kappa shape index (κ1) is 43.0. The number of halogens is 3. The average Bonchev–Trinajstić information content (AvgIpc) is 3.27.